The third kappa shape index (κ3) is 3.56. The summed E-state index contributed by atoms with van der Waals surface area (Å²) in [5.74, 6) is -0.212. The fourth-order valence-electron chi connectivity index (χ4n) is 0.971. The lowest BCUT2D eigenvalue weighted by molar-refractivity contribution is 0.335. The Morgan fingerprint density at radius 1 is 1.67 bits per heavy atom. The number of hydrogen-bond acceptors (Lipinski definition) is 6. The van der Waals surface area contributed by atoms with Gasteiger partial charge < -0.3 is 5.11 Å². The lowest BCUT2D eigenvalue weighted by Gasteiger charge is -2.05. The molecule has 0 aliphatic carbocycles. The first-order valence-electron chi connectivity index (χ1n) is 4.20. The van der Waals surface area contributed by atoms with E-state index in [4.69, 9.17) is 12.2 Å². The monoisotopic (exact) mass is 269 g/mol. The Balaban J connectivity index is 2.70. The smallest absolute Gasteiger partial charge is 0.269 e. The molecule has 0 aliphatic rings. The third-order valence-corrected chi connectivity index (χ3v) is 4.16. The molecule has 1 aromatic rings. The molecule has 0 amide bonds. The minimum absolute atomic E-state index is 0.0169. The number of aromatic nitrogens is 1. The molecule has 1 aromatic heterocycles. The minimum Gasteiger partial charge on any atom is -0.494 e. The van der Waals surface area contributed by atoms with Crippen LogP contribution in [0, 0.1) is 3.95 Å². The Bertz CT molecular complexity index is 473. The van der Waals surface area contributed by atoms with E-state index in [9.17, 15) is 13.5 Å². The van der Waals surface area contributed by atoms with Crippen molar-refractivity contribution in [3.8, 4) is 5.88 Å². The van der Waals surface area contributed by atoms with Crippen molar-refractivity contribution in [1.82, 2.24) is 4.57 Å². The summed E-state index contributed by atoms with van der Waals surface area (Å²) in [6, 6.07) is 0. The van der Waals surface area contributed by atoms with E-state index in [1.54, 1.807) is 6.92 Å². The van der Waals surface area contributed by atoms with E-state index in [2.05, 4.69) is 4.18 Å². The van der Waals surface area contributed by atoms with Gasteiger partial charge in [-0.05, 0) is 19.1 Å². The van der Waals surface area contributed by atoms with E-state index in [1.165, 1.54) is 21.3 Å². The fraction of sp³-hybridized carbons (Fsp3) is 0.571. The fourth-order valence-corrected chi connectivity index (χ4v) is 2.83. The summed E-state index contributed by atoms with van der Waals surface area (Å²) < 4.78 is 28.8. The molecule has 0 fully saturated rings. The summed E-state index contributed by atoms with van der Waals surface area (Å²) in [7, 11) is -3.51. The average Bonchev–Trinajstić information content (AvgIpc) is 2.44. The summed E-state index contributed by atoms with van der Waals surface area (Å²) in [4.78, 5) is 0. The van der Waals surface area contributed by atoms with E-state index in [0.717, 1.165) is 0 Å². The molecule has 0 atom stereocenters. The summed E-state index contributed by atoms with van der Waals surface area (Å²) in [6.07, 6.45) is 0. The highest BCUT2D eigenvalue weighted by atomic mass is 32.2. The van der Waals surface area contributed by atoms with Crippen LogP contribution >= 0.6 is 23.6 Å². The molecule has 0 saturated heterocycles. The van der Waals surface area contributed by atoms with E-state index >= 15 is 0 Å². The van der Waals surface area contributed by atoms with Crippen molar-refractivity contribution in [2.75, 3.05) is 12.4 Å². The second-order valence-corrected chi connectivity index (χ2v) is 5.94. The van der Waals surface area contributed by atoms with Gasteiger partial charge in [0.2, 0.25) is 5.88 Å². The van der Waals surface area contributed by atoms with Crippen LogP contribution in [0.4, 0.5) is 0 Å². The summed E-state index contributed by atoms with van der Waals surface area (Å²) in [6.45, 7) is 1.82. The van der Waals surface area contributed by atoms with Gasteiger partial charge in [-0.15, -0.1) is 11.3 Å². The van der Waals surface area contributed by atoms with Crippen molar-refractivity contribution in [2.24, 2.45) is 0 Å². The predicted molar refractivity (Wildman–Crippen MR) is 60.2 cm³/mol. The Hall–Kier alpha value is -0.440. The molecular weight excluding hydrogens is 258 g/mol. The average molecular weight is 269 g/mol. The first kappa shape index (κ1) is 12.6. The van der Waals surface area contributed by atoms with Crippen LogP contribution in [0.25, 0.3) is 0 Å². The molecule has 1 rings (SSSR count). The van der Waals surface area contributed by atoms with E-state index < -0.39 is 10.1 Å². The number of hydrogen-bond donors (Lipinski definition) is 1. The van der Waals surface area contributed by atoms with E-state index in [0.29, 0.717) is 3.95 Å². The third-order valence-electron chi connectivity index (χ3n) is 1.62. The van der Waals surface area contributed by atoms with Crippen molar-refractivity contribution in [1.29, 1.82) is 0 Å². The van der Waals surface area contributed by atoms with Gasteiger partial charge in [0.25, 0.3) is 10.1 Å². The van der Waals surface area contributed by atoms with Gasteiger partial charge in [-0.1, -0.05) is 0 Å². The molecule has 1 N–H and O–H groups in total. The van der Waals surface area contributed by atoms with Crippen LogP contribution in [0.2, 0.25) is 0 Å². The Kier molecular flexibility index (Phi) is 4.26. The number of rotatable bonds is 5. The lowest BCUT2D eigenvalue weighted by Crippen LogP contribution is -2.15. The van der Waals surface area contributed by atoms with Gasteiger partial charge in [-0.3, -0.25) is 8.75 Å². The molecule has 0 saturated carbocycles. The molecule has 86 valence electrons. The van der Waals surface area contributed by atoms with Crippen LogP contribution in [0.3, 0.4) is 0 Å². The first-order valence-corrected chi connectivity index (χ1v) is 7.07. The van der Waals surface area contributed by atoms with Crippen molar-refractivity contribution in [2.45, 2.75) is 13.5 Å². The summed E-state index contributed by atoms with van der Waals surface area (Å²) in [5.41, 5.74) is 0. The maximum Gasteiger partial charge on any atom is 0.269 e. The van der Waals surface area contributed by atoms with Crippen molar-refractivity contribution < 1.29 is 17.7 Å². The largest absolute Gasteiger partial charge is 0.494 e. The molecule has 5 nitrogen and oxygen atoms in total. The van der Waals surface area contributed by atoms with Crippen LogP contribution < -0.4 is 0 Å². The zero-order valence-electron chi connectivity index (χ0n) is 8.04. The van der Waals surface area contributed by atoms with Gasteiger partial charge in [0.05, 0.1) is 17.7 Å². The van der Waals surface area contributed by atoms with Crippen molar-refractivity contribution in [3.05, 3.63) is 9.33 Å². The van der Waals surface area contributed by atoms with Crippen LogP contribution in [-0.4, -0.2) is 30.5 Å². The maximum atomic E-state index is 11.2. The highest BCUT2D eigenvalue weighted by Gasteiger charge is 2.12. The van der Waals surface area contributed by atoms with Gasteiger partial charge >= 0.3 is 0 Å². The Morgan fingerprint density at radius 3 is 2.80 bits per heavy atom. The number of nitrogens with zero attached hydrogens (tertiary/aromatic N) is 1. The quantitative estimate of drug-likeness (QED) is 0.645. The summed E-state index contributed by atoms with van der Waals surface area (Å²) in [5, 5.41) is 10.8. The van der Waals surface area contributed by atoms with Gasteiger partial charge in [-0.2, -0.15) is 8.42 Å². The Morgan fingerprint density at radius 2 is 2.33 bits per heavy atom. The van der Waals surface area contributed by atoms with E-state index in [-0.39, 0.29) is 24.8 Å². The van der Waals surface area contributed by atoms with Crippen LogP contribution in [0.15, 0.2) is 5.38 Å². The molecule has 0 bridgehead atoms. The highest BCUT2D eigenvalue weighted by Crippen LogP contribution is 2.17. The van der Waals surface area contributed by atoms with Gasteiger partial charge in [-0.25, -0.2) is 0 Å². The number of thiazole rings is 1. The molecule has 1 heterocycles. The second kappa shape index (κ2) is 5.06. The molecule has 15 heavy (non-hydrogen) atoms. The van der Waals surface area contributed by atoms with Crippen LogP contribution in [0.5, 0.6) is 5.88 Å². The van der Waals surface area contributed by atoms with Crippen molar-refractivity contribution in [3.63, 3.8) is 0 Å². The van der Waals surface area contributed by atoms with Crippen LogP contribution in [0.1, 0.15) is 6.92 Å². The first-order chi connectivity index (χ1) is 6.96. The molecule has 0 aromatic carbocycles. The zero-order valence-corrected chi connectivity index (χ0v) is 10.5. The SMILES string of the molecule is CCOS(=O)(=O)CCn1c(O)csc1=S. The lowest BCUT2D eigenvalue weighted by atomic mass is 10.7. The maximum absolute atomic E-state index is 11.2. The minimum atomic E-state index is -3.51. The molecule has 0 spiro atoms. The van der Waals surface area contributed by atoms with Gasteiger partial charge in [0.15, 0.2) is 3.95 Å². The van der Waals surface area contributed by atoms with Gasteiger partial charge in [0, 0.05) is 6.54 Å². The van der Waals surface area contributed by atoms with E-state index in [1.807, 2.05) is 0 Å². The highest BCUT2D eigenvalue weighted by molar-refractivity contribution is 7.86. The molecule has 0 radical (unpaired) electrons. The second-order valence-electron chi connectivity index (χ2n) is 2.68. The number of aromatic hydroxyl groups is 1. The predicted octanol–water partition coefficient (Wildman–Crippen LogP) is 1.35. The van der Waals surface area contributed by atoms with Crippen LogP contribution in [-0.2, 0) is 20.8 Å². The molecule has 0 unspecified atom stereocenters. The normalized spacial score (nSPS) is 11.8. The van der Waals surface area contributed by atoms with Gasteiger partial charge in [0.1, 0.15) is 0 Å². The molecule has 0 aliphatic heterocycles. The Labute approximate surface area is 97.1 Å². The zero-order chi connectivity index (χ0) is 11.5. The standard InChI is InChI=1S/C7H11NO4S3/c1-2-12-15(10,11)4-3-8-6(9)5-14-7(8)13/h5,9H,2-4H2,1H3. The van der Waals surface area contributed by atoms with Crippen molar-refractivity contribution >= 4 is 33.7 Å². The topological polar surface area (TPSA) is 68.5 Å². The molecular formula is C7H11NO4S3. The molecule has 8 heteroatoms. The summed E-state index contributed by atoms with van der Waals surface area (Å²) >= 11 is 6.10.